The van der Waals surface area contributed by atoms with Crippen molar-refractivity contribution in [3.05, 3.63) is 87.6 Å². The van der Waals surface area contributed by atoms with Crippen LogP contribution in [0.5, 0.6) is 0 Å². The maximum Gasteiger partial charge on any atom is 0.254 e. The zero-order valence-electron chi connectivity index (χ0n) is 21.3. The minimum absolute atomic E-state index is 0.0469. The number of carbonyl (C=O) groups is 2. The average molecular weight is 506 g/mol. The van der Waals surface area contributed by atoms with Gasteiger partial charge in [-0.25, -0.2) is 0 Å². The van der Waals surface area contributed by atoms with Gasteiger partial charge in [-0.05, 0) is 61.0 Å². The molecule has 1 aliphatic heterocycles. The van der Waals surface area contributed by atoms with Crippen molar-refractivity contribution < 1.29 is 14.3 Å². The Morgan fingerprint density at radius 1 is 1.14 bits per heavy atom. The summed E-state index contributed by atoms with van der Waals surface area (Å²) in [6.07, 6.45) is 0.831. The van der Waals surface area contributed by atoms with Crippen LogP contribution in [0.4, 0.5) is 5.69 Å². The zero-order valence-corrected chi connectivity index (χ0v) is 22.1. The second kappa shape index (κ2) is 12.2. The summed E-state index contributed by atoms with van der Waals surface area (Å²) in [4.78, 5) is 32.3. The number of carbonyl (C=O) groups excluding carboxylic acids is 2. The molecule has 0 saturated carbocycles. The van der Waals surface area contributed by atoms with E-state index < -0.39 is 5.92 Å². The van der Waals surface area contributed by atoms with Crippen molar-refractivity contribution in [3.63, 3.8) is 0 Å². The van der Waals surface area contributed by atoms with Gasteiger partial charge < -0.3 is 19.9 Å². The number of anilines is 1. The van der Waals surface area contributed by atoms with E-state index in [2.05, 4.69) is 48.3 Å². The van der Waals surface area contributed by atoms with E-state index >= 15 is 0 Å². The number of amides is 2. The second-order valence-corrected chi connectivity index (χ2v) is 10.1. The molecule has 1 aliphatic rings. The van der Waals surface area contributed by atoms with Gasteiger partial charge in [0.1, 0.15) is 0 Å². The summed E-state index contributed by atoms with van der Waals surface area (Å²) in [6, 6.07) is 19.6. The Labute approximate surface area is 217 Å². The largest absolute Gasteiger partial charge is 0.383 e. The van der Waals surface area contributed by atoms with Gasteiger partial charge in [0.15, 0.2) is 0 Å². The van der Waals surface area contributed by atoms with Gasteiger partial charge in [0.2, 0.25) is 5.91 Å². The summed E-state index contributed by atoms with van der Waals surface area (Å²) in [5.74, 6) is -0.579. The van der Waals surface area contributed by atoms with Crippen LogP contribution in [0.25, 0.3) is 0 Å². The molecule has 36 heavy (non-hydrogen) atoms. The number of rotatable bonds is 11. The predicted octanol–water partition coefficient (Wildman–Crippen LogP) is 5.02. The number of nitrogens with zero attached hydrogens (tertiary/aromatic N) is 2. The van der Waals surface area contributed by atoms with Gasteiger partial charge in [0.25, 0.3) is 5.91 Å². The van der Waals surface area contributed by atoms with Gasteiger partial charge >= 0.3 is 0 Å². The Balaban J connectivity index is 1.52. The number of hydrogen-bond acceptors (Lipinski definition) is 5. The molecule has 0 spiro atoms. The van der Waals surface area contributed by atoms with Gasteiger partial charge in [0, 0.05) is 49.4 Å². The summed E-state index contributed by atoms with van der Waals surface area (Å²) in [7, 11) is 1.63. The lowest BCUT2D eigenvalue weighted by Gasteiger charge is -2.41. The number of nitrogens with one attached hydrogen (secondary N) is 1. The highest BCUT2D eigenvalue weighted by atomic mass is 32.1. The lowest BCUT2D eigenvalue weighted by Crippen LogP contribution is -2.48. The minimum Gasteiger partial charge on any atom is -0.383 e. The molecule has 0 bridgehead atoms. The fourth-order valence-corrected chi connectivity index (χ4v) is 5.85. The van der Waals surface area contributed by atoms with E-state index in [1.807, 2.05) is 41.8 Å². The molecule has 2 atom stereocenters. The van der Waals surface area contributed by atoms with Gasteiger partial charge in [-0.1, -0.05) is 36.4 Å². The molecule has 0 unspecified atom stereocenters. The Hall–Kier alpha value is -3.16. The molecule has 4 rings (SSSR count). The molecule has 190 valence electrons. The van der Waals surface area contributed by atoms with E-state index in [0.717, 1.165) is 30.0 Å². The molecule has 2 heterocycles. The Morgan fingerprint density at radius 3 is 2.69 bits per heavy atom. The van der Waals surface area contributed by atoms with Crippen LogP contribution in [0.1, 0.15) is 51.7 Å². The highest BCUT2D eigenvalue weighted by Crippen LogP contribution is 2.44. The fourth-order valence-electron chi connectivity index (χ4n) is 4.97. The first-order valence-corrected chi connectivity index (χ1v) is 13.4. The van der Waals surface area contributed by atoms with E-state index in [-0.39, 0.29) is 17.9 Å². The number of aryl methyl sites for hydroxylation is 1. The van der Waals surface area contributed by atoms with Crippen molar-refractivity contribution in [3.8, 4) is 0 Å². The van der Waals surface area contributed by atoms with Crippen molar-refractivity contribution >= 4 is 28.8 Å². The summed E-state index contributed by atoms with van der Waals surface area (Å²) >= 11 is 1.58. The molecule has 2 aromatic carbocycles. The lowest BCUT2D eigenvalue weighted by molar-refractivity contribution is -0.124. The summed E-state index contributed by atoms with van der Waals surface area (Å²) < 4.78 is 5.30. The number of ether oxygens (including phenoxy) is 1. The molecule has 1 N–H and O–H groups in total. The van der Waals surface area contributed by atoms with E-state index in [1.54, 1.807) is 23.3 Å². The molecule has 0 fully saturated rings. The molecule has 3 aromatic rings. The van der Waals surface area contributed by atoms with Crippen molar-refractivity contribution in [2.24, 2.45) is 0 Å². The topological polar surface area (TPSA) is 61.9 Å². The highest BCUT2D eigenvalue weighted by molar-refractivity contribution is 7.10. The molecule has 2 amide bonds. The molecular formula is C29H35N3O3S. The van der Waals surface area contributed by atoms with Crippen molar-refractivity contribution in [2.45, 2.75) is 32.2 Å². The zero-order chi connectivity index (χ0) is 25.5. The van der Waals surface area contributed by atoms with Crippen molar-refractivity contribution in [1.82, 2.24) is 10.2 Å². The van der Waals surface area contributed by atoms with Gasteiger partial charge in [0.05, 0.1) is 18.6 Å². The molecule has 1 aromatic heterocycles. The first-order chi connectivity index (χ1) is 17.5. The fraction of sp³-hybridized carbons (Fsp3) is 0.379. The number of hydrogen-bond donors (Lipinski definition) is 1. The molecule has 0 aliphatic carbocycles. The predicted molar refractivity (Wildman–Crippen MR) is 146 cm³/mol. The first-order valence-electron chi connectivity index (χ1n) is 12.6. The number of methoxy groups -OCH3 is 1. The van der Waals surface area contributed by atoms with Crippen molar-refractivity contribution in [1.29, 1.82) is 0 Å². The Kier molecular flexibility index (Phi) is 8.78. The molecule has 0 radical (unpaired) electrons. The smallest absolute Gasteiger partial charge is 0.254 e. The number of thiophene rings is 1. The SMILES string of the molecule is CCN(CCCNC(=O)[C@@H]1c2ccccc2C(=O)N(CCOC)[C@H]1c1cccs1)c1cccc(C)c1. The van der Waals surface area contributed by atoms with E-state index in [0.29, 0.717) is 25.3 Å². The molecule has 6 nitrogen and oxygen atoms in total. The van der Waals surface area contributed by atoms with Crippen LogP contribution in [-0.2, 0) is 9.53 Å². The highest BCUT2D eigenvalue weighted by Gasteiger charge is 2.44. The maximum absolute atomic E-state index is 13.7. The van der Waals surface area contributed by atoms with E-state index in [9.17, 15) is 9.59 Å². The quantitative estimate of drug-likeness (QED) is 0.372. The summed E-state index contributed by atoms with van der Waals surface area (Å²) in [5, 5.41) is 5.18. The third kappa shape index (κ3) is 5.63. The average Bonchev–Trinajstić information content (AvgIpc) is 3.42. The third-order valence-electron chi connectivity index (χ3n) is 6.74. The minimum atomic E-state index is -0.478. The van der Waals surface area contributed by atoms with Crippen LogP contribution >= 0.6 is 11.3 Å². The van der Waals surface area contributed by atoms with E-state index in [1.165, 1.54) is 11.3 Å². The molecule has 7 heteroatoms. The summed E-state index contributed by atoms with van der Waals surface area (Å²) in [5.41, 5.74) is 3.83. The summed E-state index contributed by atoms with van der Waals surface area (Å²) in [6.45, 7) is 7.43. The monoisotopic (exact) mass is 505 g/mol. The molecular weight excluding hydrogens is 470 g/mol. The first kappa shape index (κ1) is 25.9. The van der Waals surface area contributed by atoms with Crippen LogP contribution < -0.4 is 10.2 Å². The van der Waals surface area contributed by atoms with Gasteiger partial charge in [-0.2, -0.15) is 0 Å². The van der Waals surface area contributed by atoms with E-state index in [4.69, 9.17) is 4.74 Å². The van der Waals surface area contributed by atoms with Crippen LogP contribution in [0, 0.1) is 6.92 Å². The number of benzene rings is 2. The third-order valence-corrected chi connectivity index (χ3v) is 7.69. The maximum atomic E-state index is 13.7. The van der Waals surface area contributed by atoms with Crippen LogP contribution in [-0.4, -0.2) is 56.6 Å². The normalized spacial score (nSPS) is 17.1. The van der Waals surface area contributed by atoms with Crippen LogP contribution in [0.3, 0.4) is 0 Å². The number of fused-ring (bicyclic) bond motifs is 1. The lowest BCUT2D eigenvalue weighted by atomic mass is 9.81. The van der Waals surface area contributed by atoms with Gasteiger partial charge in [-0.15, -0.1) is 11.3 Å². The van der Waals surface area contributed by atoms with Crippen LogP contribution in [0.15, 0.2) is 66.0 Å². The van der Waals surface area contributed by atoms with Crippen molar-refractivity contribution in [2.75, 3.05) is 44.8 Å². The van der Waals surface area contributed by atoms with Gasteiger partial charge in [-0.3, -0.25) is 9.59 Å². The van der Waals surface area contributed by atoms with Crippen LogP contribution in [0.2, 0.25) is 0 Å². The second-order valence-electron chi connectivity index (χ2n) is 9.08. The molecule has 0 saturated heterocycles. The standard InChI is InChI=1S/C29H35N3O3S/c1-4-31(22-11-7-10-21(2)20-22)16-9-15-30-28(33)26-23-12-5-6-13-24(23)29(34)32(17-18-35-3)27(26)25-14-8-19-36-25/h5-8,10-14,19-20,26-27H,4,9,15-18H2,1-3H3,(H,30,33)/t26-,27+/m1/s1. The Morgan fingerprint density at radius 2 is 1.97 bits per heavy atom. The Bertz CT molecular complexity index is 1160.